The van der Waals surface area contributed by atoms with Crippen LogP contribution in [0.3, 0.4) is 0 Å². The zero-order valence-corrected chi connectivity index (χ0v) is 11.5. The van der Waals surface area contributed by atoms with Gasteiger partial charge >= 0.3 is 0 Å². The van der Waals surface area contributed by atoms with E-state index in [2.05, 4.69) is 23.5 Å². The van der Waals surface area contributed by atoms with Gasteiger partial charge in [-0.05, 0) is 19.9 Å². The molecule has 0 aliphatic heterocycles. The minimum Gasteiger partial charge on any atom is -0.382 e. The van der Waals surface area contributed by atoms with Gasteiger partial charge < -0.3 is 9.47 Å². The Balaban J connectivity index is 2.46. The first-order valence-electron chi connectivity index (χ1n) is 6.27. The highest BCUT2D eigenvalue weighted by atomic mass is 16.5. The summed E-state index contributed by atoms with van der Waals surface area (Å²) >= 11 is 0. The number of nitrogens with one attached hydrogen (secondary N) is 1. The molecule has 18 heavy (non-hydrogen) atoms. The largest absolute Gasteiger partial charge is 0.382 e. The molecule has 1 unspecified atom stereocenters. The van der Waals surface area contributed by atoms with E-state index < -0.39 is 0 Å². The van der Waals surface area contributed by atoms with Gasteiger partial charge in [0, 0.05) is 31.8 Å². The molecule has 0 aliphatic rings. The summed E-state index contributed by atoms with van der Waals surface area (Å²) in [6.45, 7) is 6.69. The summed E-state index contributed by atoms with van der Waals surface area (Å²) in [5.74, 6) is 5.54. The number of hydrogen-bond donors (Lipinski definition) is 2. The quantitative estimate of drug-likeness (QED) is 0.376. The van der Waals surface area contributed by atoms with Gasteiger partial charge in [0.2, 0.25) is 0 Å². The van der Waals surface area contributed by atoms with Crippen molar-refractivity contribution in [2.45, 2.75) is 32.9 Å². The SMILES string of the molecule is CCn1nc(C)cc1CC(COCCOC)NN. The standard InChI is InChI=1S/C12H24N4O2/c1-4-16-12(7-10(2)15-16)8-11(14-13)9-18-6-5-17-3/h7,11,14H,4-6,8-9,13H2,1-3H3. The maximum absolute atomic E-state index is 5.54. The van der Waals surface area contributed by atoms with Crippen LogP contribution in [0.5, 0.6) is 0 Å². The lowest BCUT2D eigenvalue weighted by Crippen LogP contribution is -2.41. The van der Waals surface area contributed by atoms with Crippen LogP contribution < -0.4 is 11.3 Å². The number of aryl methyl sites for hydroxylation is 2. The van der Waals surface area contributed by atoms with E-state index in [-0.39, 0.29) is 6.04 Å². The lowest BCUT2D eigenvalue weighted by atomic mass is 10.1. The highest BCUT2D eigenvalue weighted by molar-refractivity contribution is 5.10. The zero-order chi connectivity index (χ0) is 13.4. The van der Waals surface area contributed by atoms with Crippen molar-refractivity contribution < 1.29 is 9.47 Å². The summed E-state index contributed by atoms with van der Waals surface area (Å²) in [7, 11) is 1.66. The molecule has 3 N–H and O–H groups in total. The predicted octanol–water partition coefficient (Wildman–Crippen LogP) is 0.249. The highest BCUT2D eigenvalue weighted by Crippen LogP contribution is 2.07. The number of ether oxygens (including phenoxy) is 2. The maximum atomic E-state index is 5.54. The lowest BCUT2D eigenvalue weighted by molar-refractivity contribution is 0.0584. The zero-order valence-electron chi connectivity index (χ0n) is 11.5. The molecule has 1 heterocycles. The van der Waals surface area contributed by atoms with Crippen molar-refractivity contribution in [2.75, 3.05) is 26.9 Å². The van der Waals surface area contributed by atoms with Gasteiger partial charge in [0.1, 0.15) is 0 Å². The van der Waals surface area contributed by atoms with Crippen LogP contribution >= 0.6 is 0 Å². The summed E-state index contributed by atoms with van der Waals surface area (Å²) < 4.78 is 12.4. The van der Waals surface area contributed by atoms with Crippen molar-refractivity contribution >= 4 is 0 Å². The Morgan fingerprint density at radius 3 is 2.89 bits per heavy atom. The summed E-state index contributed by atoms with van der Waals surface area (Å²) in [6, 6.07) is 2.17. The molecular weight excluding hydrogens is 232 g/mol. The third kappa shape index (κ3) is 4.73. The predicted molar refractivity (Wildman–Crippen MR) is 70.1 cm³/mol. The van der Waals surface area contributed by atoms with Crippen LogP contribution in [-0.4, -0.2) is 42.8 Å². The van der Waals surface area contributed by atoms with E-state index in [1.165, 1.54) is 5.69 Å². The van der Waals surface area contributed by atoms with E-state index in [0.29, 0.717) is 19.8 Å². The van der Waals surface area contributed by atoms with Gasteiger partial charge in [-0.2, -0.15) is 5.10 Å². The third-order valence-electron chi connectivity index (χ3n) is 2.73. The molecule has 1 rings (SSSR count). The molecule has 0 spiro atoms. The third-order valence-corrected chi connectivity index (χ3v) is 2.73. The number of hydrazine groups is 1. The topological polar surface area (TPSA) is 74.3 Å². The molecule has 1 aromatic heterocycles. The molecule has 1 aromatic rings. The van der Waals surface area contributed by atoms with E-state index in [1.807, 2.05) is 11.6 Å². The Hall–Kier alpha value is -0.950. The summed E-state index contributed by atoms with van der Waals surface area (Å²) in [6.07, 6.45) is 0.804. The van der Waals surface area contributed by atoms with Gasteiger partial charge in [0.15, 0.2) is 0 Å². The van der Waals surface area contributed by atoms with Crippen LogP contribution in [0.2, 0.25) is 0 Å². The highest BCUT2D eigenvalue weighted by Gasteiger charge is 2.12. The summed E-state index contributed by atoms with van der Waals surface area (Å²) in [5.41, 5.74) is 4.99. The van der Waals surface area contributed by atoms with Crippen LogP contribution in [-0.2, 0) is 22.4 Å². The van der Waals surface area contributed by atoms with Crippen molar-refractivity contribution in [3.05, 3.63) is 17.5 Å². The molecule has 0 saturated heterocycles. The van der Waals surface area contributed by atoms with Gasteiger partial charge in [-0.1, -0.05) is 0 Å². The molecule has 0 bridgehead atoms. The molecule has 1 atom stereocenters. The van der Waals surface area contributed by atoms with Crippen molar-refractivity contribution in [3.63, 3.8) is 0 Å². The van der Waals surface area contributed by atoms with Crippen LogP contribution in [0.25, 0.3) is 0 Å². The van der Waals surface area contributed by atoms with Gasteiger partial charge in [0.25, 0.3) is 0 Å². The van der Waals surface area contributed by atoms with Crippen molar-refractivity contribution in [1.29, 1.82) is 0 Å². The Bertz CT molecular complexity index is 341. The van der Waals surface area contributed by atoms with Gasteiger partial charge in [0.05, 0.1) is 25.5 Å². The number of nitrogens with zero attached hydrogens (tertiary/aromatic N) is 2. The molecule has 6 heteroatoms. The molecule has 0 fully saturated rings. The number of rotatable bonds is 9. The monoisotopic (exact) mass is 256 g/mol. The Morgan fingerprint density at radius 2 is 2.28 bits per heavy atom. The Morgan fingerprint density at radius 1 is 1.50 bits per heavy atom. The number of methoxy groups -OCH3 is 1. The molecule has 0 aromatic carbocycles. The van der Waals surface area contributed by atoms with Crippen molar-refractivity contribution in [1.82, 2.24) is 15.2 Å². The Kier molecular flexibility index (Phi) is 6.89. The molecule has 0 aliphatic carbocycles. The van der Waals surface area contributed by atoms with E-state index in [9.17, 15) is 0 Å². The van der Waals surface area contributed by atoms with Crippen molar-refractivity contribution in [3.8, 4) is 0 Å². The number of aromatic nitrogens is 2. The van der Waals surface area contributed by atoms with E-state index in [1.54, 1.807) is 7.11 Å². The summed E-state index contributed by atoms with van der Waals surface area (Å²) in [5, 5.41) is 4.41. The fourth-order valence-corrected chi connectivity index (χ4v) is 1.82. The smallest absolute Gasteiger partial charge is 0.0701 e. The lowest BCUT2D eigenvalue weighted by Gasteiger charge is -2.16. The number of nitrogens with two attached hydrogens (primary N) is 1. The van der Waals surface area contributed by atoms with Crippen LogP contribution in [0, 0.1) is 6.92 Å². The van der Waals surface area contributed by atoms with E-state index in [0.717, 1.165) is 18.7 Å². The van der Waals surface area contributed by atoms with E-state index in [4.69, 9.17) is 15.3 Å². The minimum absolute atomic E-state index is 0.0863. The minimum atomic E-state index is 0.0863. The first-order valence-corrected chi connectivity index (χ1v) is 6.27. The van der Waals surface area contributed by atoms with Crippen LogP contribution in [0.4, 0.5) is 0 Å². The molecule has 104 valence electrons. The maximum Gasteiger partial charge on any atom is 0.0701 e. The molecule has 0 saturated carbocycles. The molecular formula is C12H24N4O2. The Labute approximate surface area is 108 Å². The van der Waals surface area contributed by atoms with Gasteiger partial charge in [-0.25, -0.2) is 0 Å². The summed E-state index contributed by atoms with van der Waals surface area (Å²) in [4.78, 5) is 0. The second-order valence-corrected chi connectivity index (χ2v) is 4.23. The normalized spacial score (nSPS) is 12.9. The molecule has 6 nitrogen and oxygen atoms in total. The molecule has 0 radical (unpaired) electrons. The second kappa shape index (κ2) is 8.20. The van der Waals surface area contributed by atoms with Crippen molar-refractivity contribution in [2.24, 2.45) is 5.84 Å². The fraction of sp³-hybridized carbons (Fsp3) is 0.750. The fourth-order valence-electron chi connectivity index (χ4n) is 1.82. The average molecular weight is 256 g/mol. The van der Waals surface area contributed by atoms with E-state index >= 15 is 0 Å². The van der Waals surface area contributed by atoms with Crippen LogP contribution in [0.15, 0.2) is 6.07 Å². The van der Waals surface area contributed by atoms with Gasteiger partial charge in [-0.3, -0.25) is 16.0 Å². The first-order chi connectivity index (χ1) is 8.71. The average Bonchev–Trinajstić information content (AvgIpc) is 2.73. The number of hydrogen-bond acceptors (Lipinski definition) is 5. The molecule has 0 amide bonds. The van der Waals surface area contributed by atoms with Crippen LogP contribution in [0.1, 0.15) is 18.3 Å². The second-order valence-electron chi connectivity index (χ2n) is 4.23. The van der Waals surface area contributed by atoms with Gasteiger partial charge in [-0.15, -0.1) is 0 Å². The first kappa shape index (κ1) is 15.1.